The second-order valence-electron chi connectivity index (χ2n) is 5.61. The van der Waals surface area contributed by atoms with E-state index in [1.165, 1.54) is 40.4 Å². The van der Waals surface area contributed by atoms with Crippen LogP contribution in [0.2, 0.25) is 0 Å². The second kappa shape index (κ2) is 5.30. The number of pyridine rings is 1. The molecule has 3 rings (SSSR count). The van der Waals surface area contributed by atoms with E-state index in [0.717, 1.165) is 19.5 Å². The van der Waals surface area contributed by atoms with E-state index >= 15 is 0 Å². The molecule has 1 aliphatic rings. The molecule has 0 amide bonds. The Labute approximate surface area is 115 Å². The average molecular weight is 254 g/mol. The molecule has 0 aliphatic carbocycles. The van der Waals surface area contributed by atoms with Gasteiger partial charge in [-0.15, -0.1) is 0 Å². The van der Waals surface area contributed by atoms with E-state index in [4.69, 9.17) is 4.98 Å². The lowest BCUT2D eigenvalue weighted by Gasteiger charge is -2.25. The van der Waals surface area contributed by atoms with Crippen molar-refractivity contribution in [3.63, 3.8) is 0 Å². The molecule has 0 bridgehead atoms. The van der Waals surface area contributed by atoms with Crippen LogP contribution in [0.25, 0.3) is 10.9 Å². The highest BCUT2D eigenvalue weighted by Crippen LogP contribution is 2.31. The SMILES string of the molecule is CCc1cnc2c(C3CCCNC3)c(C)ccc2c1. The number of rotatable bonds is 2. The number of hydrogen-bond acceptors (Lipinski definition) is 2. The van der Waals surface area contributed by atoms with Crippen LogP contribution in [0.15, 0.2) is 24.4 Å². The second-order valence-corrected chi connectivity index (χ2v) is 5.61. The van der Waals surface area contributed by atoms with E-state index in [0.29, 0.717) is 5.92 Å². The van der Waals surface area contributed by atoms with Crippen molar-refractivity contribution in [1.29, 1.82) is 0 Å². The zero-order valence-electron chi connectivity index (χ0n) is 11.9. The number of piperidine rings is 1. The molecule has 1 N–H and O–H groups in total. The third-order valence-corrected chi connectivity index (χ3v) is 4.28. The van der Waals surface area contributed by atoms with Crippen molar-refractivity contribution in [2.24, 2.45) is 0 Å². The summed E-state index contributed by atoms with van der Waals surface area (Å²) in [7, 11) is 0. The first-order valence-corrected chi connectivity index (χ1v) is 7.38. The minimum atomic E-state index is 0.623. The fourth-order valence-corrected chi connectivity index (χ4v) is 3.18. The van der Waals surface area contributed by atoms with Gasteiger partial charge in [0.2, 0.25) is 0 Å². The van der Waals surface area contributed by atoms with Crippen molar-refractivity contribution in [3.05, 3.63) is 41.1 Å². The average Bonchev–Trinajstić information content (AvgIpc) is 2.47. The van der Waals surface area contributed by atoms with Crippen molar-refractivity contribution in [2.75, 3.05) is 13.1 Å². The van der Waals surface area contributed by atoms with Gasteiger partial charge in [0.15, 0.2) is 0 Å². The summed E-state index contributed by atoms with van der Waals surface area (Å²) in [6.07, 6.45) is 5.65. The molecular formula is C17H22N2. The Hall–Kier alpha value is -1.41. The van der Waals surface area contributed by atoms with Crippen molar-refractivity contribution in [1.82, 2.24) is 10.3 Å². The van der Waals surface area contributed by atoms with Gasteiger partial charge in [-0.1, -0.05) is 19.1 Å². The fraction of sp³-hybridized carbons (Fsp3) is 0.471. The van der Waals surface area contributed by atoms with Gasteiger partial charge in [0.25, 0.3) is 0 Å². The van der Waals surface area contributed by atoms with Gasteiger partial charge in [0.05, 0.1) is 5.52 Å². The first-order valence-electron chi connectivity index (χ1n) is 7.38. The lowest BCUT2D eigenvalue weighted by Crippen LogP contribution is -2.29. The first-order chi connectivity index (χ1) is 9.29. The summed E-state index contributed by atoms with van der Waals surface area (Å²) in [5, 5.41) is 4.82. The maximum atomic E-state index is 4.76. The van der Waals surface area contributed by atoms with Gasteiger partial charge in [-0.05, 0) is 61.4 Å². The number of benzene rings is 1. The monoisotopic (exact) mass is 254 g/mol. The van der Waals surface area contributed by atoms with E-state index in [-0.39, 0.29) is 0 Å². The smallest absolute Gasteiger partial charge is 0.0740 e. The van der Waals surface area contributed by atoms with Crippen molar-refractivity contribution >= 4 is 10.9 Å². The molecular weight excluding hydrogens is 232 g/mol. The summed E-state index contributed by atoms with van der Waals surface area (Å²) in [6, 6.07) is 6.77. The molecule has 1 aliphatic heterocycles. The largest absolute Gasteiger partial charge is 0.316 e. The van der Waals surface area contributed by atoms with Crippen LogP contribution in [-0.2, 0) is 6.42 Å². The molecule has 1 aromatic heterocycles. The van der Waals surface area contributed by atoms with Gasteiger partial charge in [-0.25, -0.2) is 0 Å². The number of nitrogens with one attached hydrogen (secondary N) is 1. The normalized spacial score (nSPS) is 19.8. The summed E-state index contributed by atoms with van der Waals surface area (Å²) in [6.45, 7) is 6.66. The molecule has 100 valence electrons. The third kappa shape index (κ3) is 2.37. The summed E-state index contributed by atoms with van der Waals surface area (Å²) in [5.41, 5.74) is 5.39. The van der Waals surface area contributed by atoms with E-state index < -0.39 is 0 Å². The molecule has 2 heteroatoms. The van der Waals surface area contributed by atoms with Crippen LogP contribution in [-0.4, -0.2) is 18.1 Å². The van der Waals surface area contributed by atoms with Gasteiger partial charge < -0.3 is 5.32 Å². The predicted molar refractivity (Wildman–Crippen MR) is 80.7 cm³/mol. The molecule has 2 nitrogen and oxygen atoms in total. The van der Waals surface area contributed by atoms with Gasteiger partial charge in [0.1, 0.15) is 0 Å². The fourth-order valence-electron chi connectivity index (χ4n) is 3.18. The summed E-state index contributed by atoms with van der Waals surface area (Å²) in [5.74, 6) is 0.623. The van der Waals surface area contributed by atoms with Crippen LogP contribution < -0.4 is 5.32 Å². The van der Waals surface area contributed by atoms with Crippen molar-refractivity contribution in [3.8, 4) is 0 Å². The summed E-state index contributed by atoms with van der Waals surface area (Å²) < 4.78 is 0. The van der Waals surface area contributed by atoms with Crippen LogP contribution in [0.3, 0.4) is 0 Å². The van der Waals surface area contributed by atoms with Crippen LogP contribution in [0, 0.1) is 6.92 Å². The number of nitrogens with zero attached hydrogens (tertiary/aromatic N) is 1. The maximum Gasteiger partial charge on any atom is 0.0740 e. The number of hydrogen-bond donors (Lipinski definition) is 1. The van der Waals surface area contributed by atoms with Crippen molar-refractivity contribution in [2.45, 2.75) is 39.0 Å². The van der Waals surface area contributed by atoms with Gasteiger partial charge >= 0.3 is 0 Å². The minimum absolute atomic E-state index is 0.623. The molecule has 2 aromatic rings. The lowest BCUT2D eigenvalue weighted by atomic mass is 9.87. The van der Waals surface area contributed by atoms with Gasteiger partial charge in [-0.2, -0.15) is 0 Å². The topological polar surface area (TPSA) is 24.9 Å². The molecule has 2 heterocycles. The van der Waals surface area contributed by atoms with E-state index in [2.05, 4.69) is 37.4 Å². The van der Waals surface area contributed by atoms with E-state index in [1.807, 2.05) is 6.20 Å². The third-order valence-electron chi connectivity index (χ3n) is 4.28. The number of fused-ring (bicyclic) bond motifs is 1. The molecule has 0 radical (unpaired) electrons. The van der Waals surface area contributed by atoms with Crippen LogP contribution in [0.5, 0.6) is 0 Å². The minimum Gasteiger partial charge on any atom is -0.316 e. The first kappa shape index (κ1) is 12.6. The molecule has 1 aromatic carbocycles. The Bertz CT molecular complexity index is 583. The standard InChI is InChI=1S/C17H22N2/c1-3-13-9-14-7-6-12(2)16(17(14)19-10-13)15-5-4-8-18-11-15/h6-7,9-10,15,18H,3-5,8,11H2,1-2H3. The highest BCUT2D eigenvalue weighted by molar-refractivity contribution is 5.84. The van der Waals surface area contributed by atoms with Crippen LogP contribution >= 0.6 is 0 Å². The highest BCUT2D eigenvalue weighted by atomic mass is 14.9. The Balaban J connectivity index is 2.13. The molecule has 1 saturated heterocycles. The zero-order valence-corrected chi connectivity index (χ0v) is 11.9. The molecule has 0 saturated carbocycles. The Morgan fingerprint density at radius 1 is 1.37 bits per heavy atom. The summed E-state index contributed by atoms with van der Waals surface area (Å²) >= 11 is 0. The highest BCUT2D eigenvalue weighted by Gasteiger charge is 2.20. The van der Waals surface area contributed by atoms with Crippen LogP contribution in [0.4, 0.5) is 0 Å². The van der Waals surface area contributed by atoms with E-state index in [1.54, 1.807) is 0 Å². The van der Waals surface area contributed by atoms with Gasteiger partial charge in [0, 0.05) is 18.1 Å². The zero-order chi connectivity index (χ0) is 13.2. The molecule has 0 spiro atoms. The van der Waals surface area contributed by atoms with Gasteiger partial charge in [-0.3, -0.25) is 4.98 Å². The Morgan fingerprint density at radius 3 is 3.00 bits per heavy atom. The number of aryl methyl sites for hydroxylation is 2. The van der Waals surface area contributed by atoms with Crippen molar-refractivity contribution < 1.29 is 0 Å². The lowest BCUT2D eigenvalue weighted by molar-refractivity contribution is 0.462. The molecule has 1 atom stereocenters. The Morgan fingerprint density at radius 2 is 2.26 bits per heavy atom. The van der Waals surface area contributed by atoms with E-state index in [9.17, 15) is 0 Å². The number of aromatic nitrogens is 1. The molecule has 1 fully saturated rings. The molecule has 19 heavy (non-hydrogen) atoms. The molecule has 1 unspecified atom stereocenters. The van der Waals surface area contributed by atoms with Crippen LogP contribution in [0.1, 0.15) is 42.4 Å². The predicted octanol–water partition coefficient (Wildman–Crippen LogP) is 3.57. The maximum absolute atomic E-state index is 4.76. The summed E-state index contributed by atoms with van der Waals surface area (Å²) in [4.78, 5) is 4.76. The Kier molecular flexibility index (Phi) is 3.52. The quantitative estimate of drug-likeness (QED) is 0.886.